The SMILES string of the molecule is Cc1nn2c(CN3CCNCC3c3ccncc3)c(C)nc2s1.Cl. The summed E-state index contributed by atoms with van der Waals surface area (Å²) in [5.41, 5.74) is 3.58. The normalized spacial score (nSPS) is 18.7. The minimum atomic E-state index is 0. The highest BCUT2D eigenvalue weighted by Crippen LogP contribution is 2.26. The zero-order valence-corrected chi connectivity index (χ0v) is 15.4. The first kappa shape index (κ1) is 17.3. The van der Waals surface area contributed by atoms with Gasteiger partial charge in [-0.3, -0.25) is 9.88 Å². The van der Waals surface area contributed by atoms with Crippen molar-refractivity contribution in [3.8, 4) is 0 Å². The molecule has 3 aromatic heterocycles. The number of aryl methyl sites for hydroxylation is 2. The van der Waals surface area contributed by atoms with E-state index >= 15 is 0 Å². The van der Waals surface area contributed by atoms with E-state index in [0.717, 1.165) is 41.8 Å². The van der Waals surface area contributed by atoms with Crippen molar-refractivity contribution in [1.29, 1.82) is 0 Å². The van der Waals surface area contributed by atoms with Crippen LogP contribution in [0.5, 0.6) is 0 Å². The molecule has 0 radical (unpaired) electrons. The summed E-state index contributed by atoms with van der Waals surface area (Å²) in [4.78, 5) is 12.3. The zero-order valence-electron chi connectivity index (χ0n) is 13.8. The van der Waals surface area contributed by atoms with Crippen molar-refractivity contribution in [2.75, 3.05) is 19.6 Å². The van der Waals surface area contributed by atoms with Gasteiger partial charge in [0.25, 0.3) is 0 Å². The molecule has 6 nitrogen and oxygen atoms in total. The Bertz CT molecular complexity index is 815. The molecule has 1 unspecified atom stereocenters. The zero-order chi connectivity index (χ0) is 15.8. The van der Waals surface area contributed by atoms with E-state index in [0.29, 0.717) is 6.04 Å². The van der Waals surface area contributed by atoms with Crippen LogP contribution in [0.3, 0.4) is 0 Å². The molecule has 3 aromatic rings. The van der Waals surface area contributed by atoms with E-state index < -0.39 is 0 Å². The van der Waals surface area contributed by atoms with Crippen LogP contribution in [0, 0.1) is 13.8 Å². The van der Waals surface area contributed by atoms with Crippen LogP contribution in [0.4, 0.5) is 0 Å². The number of nitrogens with one attached hydrogen (secondary N) is 1. The van der Waals surface area contributed by atoms with Crippen LogP contribution < -0.4 is 5.32 Å². The van der Waals surface area contributed by atoms with Gasteiger partial charge >= 0.3 is 0 Å². The van der Waals surface area contributed by atoms with Gasteiger partial charge in [0, 0.05) is 44.6 Å². The van der Waals surface area contributed by atoms with Crippen LogP contribution in [0.25, 0.3) is 4.96 Å². The van der Waals surface area contributed by atoms with E-state index in [9.17, 15) is 0 Å². The lowest BCUT2D eigenvalue weighted by atomic mass is 10.0. The topological polar surface area (TPSA) is 58.4 Å². The molecule has 0 aromatic carbocycles. The number of fused-ring (bicyclic) bond motifs is 1. The lowest BCUT2D eigenvalue weighted by molar-refractivity contribution is 0.150. The van der Waals surface area contributed by atoms with Crippen LogP contribution in [-0.4, -0.2) is 44.1 Å². The Morgan fingerprint density at radius 2 is 2.08 bits per heavy atom. The van der Waals surface area contributed by atoms with Crippen LogP contribution in [0.15, 0.2) is 24.5 Å². The summed E-state index contributed by atoms with van der Waals surface area (Å²) in [5, 5.41) is 9.17. The quantitative estimate of drug-likeness (QED) is 0.773. The van der Waals surface area contributed by atoms with Crippen molar-refractivity contribution < 1.29 is 0 Å². The number of nitrogens with zero attached hydrogens (tertiary/aromatic N) is 5. The average Bonchev–Trinajstić information content (AvgIpc) is 3.05. The molecule has 24 heavy (non-hydrogen) atoms. The minimum Gasteiger partial charge on any atom is -0.314 e. The third kappa shape index (κ3) is 3.17. The summed E-state index contributed by atoms with van der Waals surface area (Å²) < 4.78 is 2.01. The summed E-state index contributed by atoms with van der Waals surface area (Å²) >= 11 is 1.65. The molecule has 128 valence electrons. The van der Waals surface area contributed by atoms with Crippen molar-refractivity contribution in [3.05, 3.63) is 46.5 Å². The van der Waals surface area contributed by atoms with Crippen LogP contribution in [-0.2, 0) is 6.54 Å². The maximum Gasteiger partial charge on any atom is 0.212 e. The number of piperazine rings is 1. The molecule has 0 spiro atoms. The first-order chi connectivity index (χ1) is 11.2. The van der Waals surface area contributed by atoms with Crippen molar-refractivity contribution in [2.45, 2.75) is 26.4 Å². The maximum atomic E-state index is 4.66. The van der Waals surface area contributed by atoms with Crippen molar-refractivity contribution in [1.82, 2.24) is 29.8 Å². The van der Waals surface area contributed by atoms with Gasteiger partial charge in [-0.25, -0.2) is 9.50 Å². The highest BCUT2D eigenvalue weighted by atomic mass is 35.5. The fourth-order valence-electron chi connectivity index (χ4n) is 3.21. The van der Waals surface area contributed by atoms with Crippen molar-refractivity contribution >= 4 is 28.7 Å². The standard InChI is InChI=1S/C16H20N6S.ClH/c1-11-15(22-16(19-11)23-12(2)20-22)10-21-8-7-18-9-14(21)13-3-5-17-6-4-13;/h3-6,14,18H,7-10H2,1-2H3;1H. The first-order valence-corrected chi connectivity index (χ1v) is 8.70. The average molecular weight is 365 g/mol. The van der Waals surface area contributed by atoms with Crippen LogP contribution >= 0.6 is 23.7 Å². The Morgan fingerprint density at radius 1 is 1.29 bits per heavy atom. The van der Waals surface area contributed by atoms with E-state index in [1.54, 1.807) is 11.3 Å². The number of hydrogen-bond donors (Lipinski definition) is 1. The maximum absolute atomic E-state index is 4.66. The third-order valence-electron chi connectivity index (χ3n) is 4.40. The second-order valence-corrected chi connectivity index (χ2v) is 7.09. The van der Waals surface area contributed by atoms with Gasteiger partial charge in [-0.05, 0) is 31.5 Å². The molecule has 0 amide bonds. The minimum absolute atomic E-state index is 0. The molecular weight excluding hydrogens is 344 g/mol. The highest BCUT2D eigenvalue weighted by molar-refractivity contribution is 7.16. The van der Waals surface area contributed by atoms with E-state index in [-0.39, 0.29) is 12.4 Å². The lowest BCUT2D eigenvalue weighted by Crippen LogP contribution is -2.45. The van der Waals surface area contributed by atoms with E-state index in [1.165, 1.54) is 11.3 Å². The Kier molecular flexibility index (Phi) is 5.15. The predicted octanol–water partition coefficient (Wildman–Crippen LogP) is 2.37. The first-order valence-electron chi connectivity index (χ1n) is 7.88. The fourth-order valence-corrected chi connectivity index (χ4v) is 4.02. The Hall–Kier alpha value is -1.54. The van der Waals surface area contributed by atoms with Crippen LogP contribution in [0.2, 0.25) is 0 Å². The molecule has 1 fully saturated rings. The van der Waals surface area contributed by atoms with Gasteiger partial charge in [-0.2, -0.15) is 5.10 Å². The monoisotopic (exact) mass is 364 g/mol. The molecule has 4 heterocycles. The van der Waals surface area contributed by atoms with Gasteiger partial charge in [0.2, 0.25) is 4.96 Å². The molecule has 0 saturated carbocycles. The Labute approximate surface area is 151 Å². The van der Waals surface area contributed by atoms with E-state index in [4.69, 9.17) is 0 Å². The second kappa shape index (κ2) is 7.14. The molecule has 1 aliphatic rings. The number of halogens is 1. The predicted molar refractivity (Wildman–Crippen MR) is 97.8 cm³/mol. The lowest BCUT2D eigenvalue weighted by Gasteiger charge is -2.36. The summed E-state index contributed by atoms with van der Waals surface area (Å²) in [7, 11) is 0. The second-order valence-electron chi connectivity index (χ2n) is 5.93. The molecule has 0 bridgehead atoms. The van der Waals surface area contributed by atoms with Gasteiger partial charge in [0.15, 0.2) is 0 Å². The largest absolute Gasteiger partial charge is 0.314 e. The van der Waals surface area contributed by atoms with Gasteiger partial charge in [0.1, 0.15) is 5.01 Å². The molecule has 1 aliphatic heterocycles. The number of imidazole rings is 1. The van der Waals surface area contributed by atoms with Gasteiger partial charge in [0.05, 0.1) is 11.4 Å². The molecule has 4 rings (SSSR count). The molecule has 1 saturated heterocycles. The van der Waals surface area contributed by atoms with Crippen molar-refractivity contribution in [3.63, 3.8) is 0 Å². The summed E-state index contributed by atoms with van der Waals surface area (Å²) in [5.74, 6) is 0. The highest BCUT2D eigenvalue weighted by Gasteiger charge is 2.26. The van der Waals surface area contributed by atoms with E-state index in [1.807, 2.05) is 23.8 Å². The molecule has 1 N–H and O–H groups in total. The van der Waals surface area contributed by atoms with Gasteiger partial charge < -0.3 is 5.32 Å². The summed E-state index contributed by atoms with van der Waals surface area (Å²) in [6.07, 6.45) is 3.74. The number of aromatic nitrogens is 4. The molecule has 8 heteroatoms. The van der Waals surface area contributed by atoms with Crippen molar-refractivity contribution in [2.24, 2.45) is 0 Å². The molecular formula is C16H21ClN6S. The van der Waals surface area contributed by atoms with Crippen LogP contribution in [0.1, 0.15) is 28.0 Å². The fraction of sp³-hybridized carbons (Fsp3) is 0.438. The van der Waals surface area contributed by atoms with Gasteiger partial charge in [-0.15, -0.1) is 12.4 Å². The molecule has 1 atom stereocenters. The Balaban J connectivity index is 0.00000169. The number of rotatable bonds is 3. The molecule has 0 aliphatic carbocycles. The Morgan fingerprint density at radius 3 is 2.88 bits per heavy atom. The summed E-state index contributed by atoms with van der Waals surface area (Å²) in [6, 6.07) is 4.57. The number of hydrogen-bond acceptors (Lipinski definition) is 6. The summed E-state index contributed by atoms with van der Waals surface area (Å²) in [6.45, 7) is 7.96. The third-order valence-corrected chi connectivity index (χ3v) is 5.22. The van der Waals surface area contributed by atoms with E-state index in [2.05, 4.69) is 44.3 Å². The van der Waals surface area contributed by atoms with Gasteiger partial charge in [-0.1, -0.05) is 11.3 Å². The smallest absolute Gasteiger partial charge is 0.212 e. The number of pyridine rings is 1.